The molecule has 0 saturated carbocycles. The van der Waals surface area contributed by atoms with E-state index in [0.29, 0.717) is 0 Å². The van der Waals surface area contributed by atoms with Crippen molar-refractivity contribution in [2.75, 3.05) is 6.54 Å². The quantitative estimate of drug-likeness (QED) is 0.728. The normalized spacial score (nSPS) is 14.8. The molecule has 0 bridgehead atoms. The first-order chi connectivity index (χ1) is 11.6. The van der Waals surface area contributed by atoms with Crippen molar-refractivity contribution in [3.8, 4) is 0 Å². The molecule has 0 saturated heterocycles. The molecule has 0 radical (unpaired) electrons. The minimum atomic E-state index is 0.0466. The van der Waals surface area contributed by atoms with Gasteiger partial charge < -0.3 is 0 Å². The number of aromatic nitrogens is 3. The highest BCUT2D eigenvalue weighted by molar-refractivity contribution is 5.93. The molecule has 2 aromatic heterocycles. The van der Waals surface area contributed by atoms with Crippen molar-refractivity contribution in [2.45, 2.75) is 33.4 Å². The first-order valence-corrected chi connectivity index (χ1v) is 8.25. The Bertz CT molecular complexity index is 928. The third-order valence-electron chi connectivity index (χ3n) is 4.66. The van der Waals surface area contributed by atoms with Gasteiger partial charge in [0.2, 0.25) is 5.91 Å². The van der Waals surface area contributed by atoms with Gasteiger partial charge in [0.15, 0.2) is 0 Å². The molecular formula is C19H20N4O. The lowest BCUT2D eigenvalue weighted by molar-refractivity contribution is 0.0941. The maximum absolute atomic E-state index is 11.9. The predicted molar refractivity (Wildman–Crippen MR) is 92.8 cm³/mol. The van der Waals surface area contributed by atoms with Gasteiger partial charge in [-0.3, -0.25) is 14.3 Å². The molecule has 3 aromatic rings. The molecule has 24 heavy (non-hydrogen) atoms. The number of fused-ring (bicyclic) bond motifs is 2. The number of rotatable bonds is 2. The van der Waals surface area contributed by atoms with Gasteiger partial charge in [-0.1, -0.05) is 18.2 Å². The van der Waals surface area contributed by atoms with E-state index in [0.717, 1.165) is 42.8 Å². The monoisotopic (exact) mass is 320 g/mol. The van der Waals surface area contributed by atoms with E-state index < -0.39 is 0 Å². The van der Waals surface area contributed by atoms with Crippen LogP contribution in [-0.2, 0) is 19.5 Å². The van der Waals surface area contributed by atoms with Crippen molar-refractivity contribution in [3.05, 3.63) is 59.3 Å². The molecule has 1 aliphatic rings. The average Bonchev–Trinajstić information content (AvgIpc) is 2.94. The lowest BCUT2D eigenvalue weighted by Gasteiger charge is -2.27. The number of nitrogens with zero attached hydrogens (tertiary/aromatic N) is 4. The first kappa shape index (κ1) is 15.0. The largest absolute Gasteiger partial charge is 0.294 e. The highest BCUT2D eigenvalue weighted by Gasteiger charge is 2.20. The van der Waals surface area contributed by atoms with Crippen LogP contribution in [0.15, 0.2) is 36.7 Å². The van der Waals surface area contributed by atoms with Crippen molar-refractivity contribution < 1.29 is 4.79 Å². The molecule has 0 fully saturated rings. The maximum Gasteiger partial charge on any atom is 0.227 e. The number of carbonyl (C=O) groups is 1. The number of para-hydroxylation sites is 1. The average molecular weight is 320 g/mol. The van der Waals surface area contributed by atoms with Gasteiger partial charge in [0.25, 0.3) is 0 Å². The summed E-state index contributed by atoms with van der Waals surface area (Å²) in [6, 6.07) is 8.09. The summed E-state index contributed by atoms with van der Waals surface area (Å²) in [7, 11) is 0. The second-order valence-electron chi connectivity index (χ2n) is 6.41. The fourth-order valence-corrected chi connectivity index (χ4v) is 3.49. The van der Waals surface area contributed by atoms with Gasteiger partial charge in [-0.05, 0) is 18.6 Å². The van der Waals surface area contributed by atoms with Gasteiger partial charge >= 0.3 is 0 Å². The number of carbonyl (C=O) groups excluding carboxylic acids is 1. The van der Waals surface area contributed by atoms with Crippen LogP contribution in [0.4, 0.5) is 0 Å². The van der Waals surface area contributed by atoms with E-state index in [1.54, 1.807) is 11.5 Å². The molecule has 1 aliphatic heterocycles. The summed E-state index contributed by atoms with van der Waals surface area (Å²) >= 11 is 0. The molecule has 4 rings (SSSR count). The minimum absolute atomic E-state index is 0.0466. The lowest BCUT2D eigenvalue weighted by Crippen LogP contribution is -2.31. The smallest absolute Gasteiger partial charge is 0.227 e. The van der Waals surface area contributed by atoms with Crippen molar-refractivity contribution in [1.82, 2.24) is 19.4 Å². The van der Waals surface area contributed by atoms with Crippen LogP contribution in [0.1, 0.15) is 34.4 Å². The van der Waals surface area contributed by atoms with Crippen molar-refractivity contribution in [3.63, 3.8) is 0 Å². The second kappa shape index (κ2) is 5.83. The molecule has 122 valence electrons. The zero-order chi connectivity index (χ0) is 16.7. The summed E-state index contributed by atoms with van der Waals surface area (Å²) in [4.78, 5) is 23.2. The van der Waals surface area contributed by atoms with E-state index in [-0.39, 0.29) is 5.91 Å². The van der Waals surface area contributed by atoms with Crippen LogP contribution in [0.25, 0.3) is 10.9 Å². The third kappa shape index (κ3) is 2.61. The number of aryl methyl sites for hydroxylation is 1. The molecule has 0 amide bonds. The van der Waals surface area contributed by atoms with Crippen LogP contribution in [0.3, 0.4) is 0 Å². The Kier molecular flexibility index (Phi) is 3.65. The molecule has 0 N–H and O–H groups in total. The highest BCUT2D eigenvalue weighted by atomic mass is 16.1. The molecule has 0 unspecified atom stereocenters. The highest BCUT2D eigenvalue weighted by Crippen LogP contribution is 2.25. The van der Waals surface area contributed by atoms with Crippen LogP contribution in [0, 0.1) is 6.92 Å². The minimum Gasteiger partial charge on any atom is -0.294 e. The van der Waals surface area contributed by atoms with Crippen LogP contribution < -0.4 is 0 Å². The third-order valence-corrected chi connectivity index (χ3v) is 4.66. The number of hydrogen-bond acceptors (Lipinski definition) is 4. The van der Waals surface area contributed by atoms with E-state index in [1.165, 1.54) is 16.8 Å². The van der Waals surface area contributed by atoms with Gasteiger partial charge in [-0.25, -0.2) is 9.97 Å². The zero-order valence-corrected chi connectivity index (χ0v) is 14.0. The summed E-state index contributed by atoms with van der Waals surface area (Å²) in [6.07, 6.45) is 4.88. The SMILES string of the molecule is CC(=O)n1cc(CN2CCc3nc(C)ncc3C2)c2ccccc21. The van der Waals surface area contributed by atoms with Crippen LogP contribution >= 0.6 is 0 Å². The first-order valence-electron chi connectivity index (χ1n) is 8.25. The summed E-state index contributed by atoms with van der Waals surface area (Å²) in [5, 5.41) is 1.15. The second-order valence-corrected chi connectivity index (χ2v) is 6.41. The van der Waals surface area contributed by atoms with Crippen LogP contribution in [0.2, 0.25) is 0 Å². The predicted octanol–water partition coefficient (Wildman–Crippen LogP) is 2.96. The fourth-order valence-electron chi connectivity index (χ4n) is 3.49. The molecular weight excluding hydrogens is 300 g/mol. The van der Waals surface area contributed by atoms with Gasteiger partial charge in [-0.15, -0.1) is 0 Å². The van der Waals surface area contributed by atoms with Crippen LogP contribution in [-0.4, -0.2) is 31.9 Å². The fraction of sp³-hybridized carbons (Fsp3) is 0.316. The Morgan fingerprint density at radius 1 is 1.29 bits per heavy atom. The topological polar surface area (TPSA) is 51.0 Å². The summed E-state index contributed by atoms with van der Waals surface area (Å²) in [6.45, 7) is 6.20. The van der Waals surface area contributed by atoms with Crippen molar-refractivity contribution in [2.24, 2.45) is 0 Å². The molecule has 3 heterocycles. The molecule has 0 spiro atoms. The van der Waals surface area contributed by atoms with E-state index in [4.69, 9.17) is 0 Å². The number of hydrogen-bond donors (Lipinski definition) is 0. The Hall–Kier alpha value is -2.53. The Morgan fingerprint density at radius 2 is 2.12 bits per heavy atom. The molecule has 5 nitrogen and oxygen atoms in total. The Morgan fingerprint density at radius 3 is 2.96 bits per heavy atom. The molecule has 0 aliphatic carbocycles. The standard InChI is InChI=1S/C19H20N4O/c1-13-20-9-15-10-22(8-7-18(15)21-13)11-16-12-23(14(2)24)19-6-4-3-5-17(16)19/h3-6,9,12H,7-8,10-11H2,1-2H3. The van der Waals surface area contributed by atoms with E-state index in [1.807, 2.05) is 37.5 Å². The maximum atomic E-state index is 11.9. The van der Waals surface area contributed by atoms with E-state index in [2.05, 4.69) is 20.9 Å². The summed E-state index contributed by atoms with van der Waals surface area (Å²) in [5.41, 5.74) is 4.56. The van der Waals surface area contributed by atoms with Gasteiger partial charge in [0.05, 0.1) is 5.52 Å². The molecule has 0 atom stereocenters. The lowest BCUT2D eigenvalue weighted by atomic mass is 10.1. The molecule has 5 heteroatoms. The van der Waals surface area contributed by atoms with Crippen molar-refractivity contribution in [1.29, 1.82) is 0 Å². The summed E-state index contributed by atoms with van der Waals surface area (Å²) in [5.74, 6) is 0.886. The van der Waals surface area contributed by atoms with E-state index >= 15 is 0 Å². The van der Waals surface area contributed by atoms with Crippen LogP contribution in [0.5, 0.6) is 0 Å². The zero-order valence-electron chi connectivity index (χ0n) is 14.0. The van der Waals surface area contributed by atoms with Gasteiger partial charge in [0, 0.05) is 62.0 Å². The van der Waals surface area contributed by atoms with Crippen molar-refractivity contribution >= 4 is 16.8 Å². The van der Waals surface area contributed by atoms with Gasteiger partial charge in [-0.2, -0.15) is 0 Å². The summed E-state index contributed by atoms with van der Waals surface area (Å²) < 4.78 is 1.75. The number of benzene rings is 1. The Labute approximate surface area is 140 Å². The van der Waals surface area contributed by atoms with Gasteiger partial charge in [0.1, 0.15) is 5.82 Å². The Balaban J connectivity index is 1.63. The van der Waals surface area contributed by atoms with E-state index in [9.17, 15) is 4.79 Å². The molecule has 1 aromatic carbocycles.